The zero-order valence-corrected chi connectivity index (χ0v) is 9.05. The summed E-state index contributed by atoms with van der Waals surface area (Å²) in [4.78, 5) is 11.5. The molecule has 0 aromatic carbocycles. The molecule has 0 saturated carbocycles. The van der Waals surface area contributed by atoms with Gasteiger partial charge in [-0.1, -0.05) is 13.8 Å². The van der Waals surface area contributed by atoms with E-state index in [-0.39, 0.29) is 24.0 Å². The van der Waals surface area contributed by atoms with Crippen LogP contribution in [-0.2, 0) is 4.79 Å². The van der Waals surface area contributed by atoms with Crippen LogP contribution in [0.1, 0.15) is 40.5 Å². The monoisotopic (exact) mass is 187 g/mol. The normalized spacial score (nSPS) is 13.9. The van der Waals surface area contributed by atoms with Gasteiger partial charge in [-0.05, 0) is 26.7 Å². The predicted octanol–water partition coefficient (Wildman–Crippen LogP) is 1.31. The number of hydrogen-bond acceptors (Lipinski definition) is 2. The highest BCUT2D eigenvalue weighted by Crippen LogP contribution is 2.10. The van der Waals surface area contributed by atoms with Crippen LogP contribution in [0.3, 0.4) is 0 Å². The maximum absolute atomic E-state index is 11.5. The van der Waals surface area contributed by atoms with Crippen LogP contribution in [-0.4, -0.2) is 23.2 Å². The van der Waals surface area contributed by atoms with Crippen LogP contribution in [0, 0.1) is 5.92 Å². The van der Waals surface area contributed by atoms with Gasteiger partial charge in [-0.3, -0.25) is 4.79 Å². The Morgan fingerprint density at radius 3 is 2.46 bits per heavy atom. The van der Waals surface area contributed by atoms with Gasteiger partial charge in [0.05, 0.1) is 0 Å². The van der Waals surface area contributed by atoms with Gasteiger partial charge < -0.3 is 10.4 Å². The van der Waals surface area contributed by atoms with Gasteiger partial charge >= 0.3 is 0 Å². The first-order chi connectivity index (χ1) is 5.93. The summed E-state index contributed by atoms with van der Waals surface area (Å²) in [6.07, 6.45) is 1.44. The summed E-state index contributed by atoms with van der Waals surface area (Å²) in [6.45, 7) is 7.84. The van der Waals surface area contributed by atoms with Crippen LogP contribution in [0.15, 0.2) is 0 Å². The van der Waals surface area contributed by atoms with E-state index in [4.69, 9.17) is 5.11 Å². The molecule has 13 heavy (non-hydrogen) atoms. The molecule has 0 rings (SSSR count). The molecule has 0 heterocycles. The number of aliphatic hydroxyl groups is 1. The Hall–Kier alpha value is -0.570. The first kappa shape index (κ1) is 12.4. The van der Waals surface area contributed by atoms with E-state index in [1.807, 2.05) is 27.7 Å². The maximum atomic E-state index is 11.5. The SMILES string of the molecule is CCC(C)C(=O)NC(C)(C)CCO. The summed E-state index contributed by atoms with van der Waals surface area (Å²) in [6, 6.07) is 0. The van der Waals surface area contributed by atoms with Gasteiger partial charge in [-0.15, -0.1) is 0 Å². The summed E-state index contributed by atoms with van der Waals surface area (Å²) < 4.78 is 0. The predicted molar refractivity (Wildman–Crippen MR) is 53.4 cm³/mol. The third kappa shape index (κ3) is 4.88. The van der Waals surface area contributed by atoms with Crippen LogP contribution in [0.5, 0.6) is 0 Å². The van der Waals surface area contributed by atoms with E-state index < -0.39 is 0 Å². The molecule has 0 aliphatic rings. The molecule has 0 radical (unpaired) electrons. The maximum Gasteiger partial charge on any atom is 0.223 e. The Morgan fingerprint density at radius 1 is 1.54 bits per heavy atom. The zero-order valence-electron chi connectivity index (χ0n) is 9.05. The molecule has 0 spiro atoms. The van der Waals surface area contributed by atoms with E-state index in [1.54, 1.807) is 0 Å². The number of rotatable bonds is 5. The fraction of sp³-hybridized carbons (Fsp3) is 0.900. The largest absolute Gasteiger partial charge is 0.396 e. The van der Waals surface area contributed by atoms with E-state index in [0.29, 0.717) is 6.42 Å². The van der Waals surface area contributed by atoms with Crippen molar-refractivity contribution in [1.29, 1.82) is 0 Å². The minimum absolute atomic E-state index is 0.0537. The van der Waals surface area contributed by atoms with Crippen molar-refractivity contribution >= 4 is 5.91 Å². The van der Waals surface area contributed by atoms with Crippen molar-refractivity contribution in [2.45, 2.75) is 46.1 Å². The van der Waals surface area contributed by atoms with E-state index >= 15 is 0 Å². The third-order valence-corrected chi connectivity index (χ3v) is 2.26. The summed E-state index contributed by atoms with van der Waals surface area (Å²) in [7, 11) is 0. The van der Waals surface area contributed by atoms with Crippen molar-refractivity contribution in [1.82, 2.24) is 5.32 Å². The Labute approximate surface area is 80.5 Å². The fourth-order valence-electron chi connectivity index (χ4n) is 0.984. The molecule has 0 saturated heterocycles. The van der Waals surface area contributed by atoms with Crippen LogP contribution in [0.4, 0.5) is 0 Å². The average Bonchev–Trinajstić information content (AvgIpc) is 2.01. The molecular weight excluding hydrogens is 166 g/mol. The second-order valence-electron chi connectivity index (χ2n) is 4.16. The van der Waals surface area contributed by atoms with E-state index in [9.17, 15) is 4.79 Å². The van der Waals surface area contributed by atoms with Crippen molar-refractivity contribution in [3.63, 3.8) is 0 Å². The van der Waals surface area contributed by atoms with Crippen molar-refractivity contribution < 1.29 is 9.90 Å². The molecule has 3 heteroatoms. The lowest BCUT2D eigenvalue weighted by atomic mass is 9.99. The molecular formula is C10H21NO2. The molecule has 1 unspecified atom stereocenters. The Kier molecular flexibility index (Phi) is 4.99. The second-order valence-corrected chi connectivity index (χ2v) is 4.16. The molecule has 0 aromatic rings. The van der Waals surface area contributed by atoms with Gasteiger partial charge in [0.25, 0.3) is 0 Å². The van der Waals surface area contributed by atoms with Gasteiger partial charge in [-0.25, -0.2) is 0 Å². The van der Waals surface area contributed by atoms with Crippen molar-refractivity contribution in [3.8, 4) is 0 Å². The van der Waals surface area contributed by atoms with Crippen LogP contribution < -0.4 is 5.32 Å². The Morgan fingerprint density at radius 2 is 2.08 bits per heavy atom. The van der Waals surface area contributed by atoms with Crippen LogP contribution >= 0.6 is 0 Å². The topological polar surface area (TPSA) is 49.3 Å². The second kappa shape index (κ2) is 5.22. The first-order valence-corrected chi connectivity index (χ1v) is 4.86. The Bertz CT molecular complexity index is 166. The number of amides is 1. The summed E-state index contributed by atoms with van der Waals surface area (Å²) in [5.41, 5.74) is -0.296. The van der Waals surface area contributed by atoms with Gasteiger partial charge in [0.2, 0.25) is 5.91 Å². The molecule has 1 amide bonds. The first-order valence-electron chi connectivity index (χ1n) is 4.86. The van der Waals surface area contributed by atoms with E-state index in [2.05, 4.69) is 5.32 Å². The summed E-state index contributed by atoms with van der Waals surface area (Å²) >= 11 is 0. The highest BCUT2D eigenvalue weighted by molar-refractivity contribution is 5.78. The highest BCUT2D eigenvalue weighted by atomic mass is 16.3. The molecule has 0 aliphatic heterocycles. The zero-order chi connectivity index (χ0) is 10.5. The fourth-order valence-corrected chi connectivity index (χ4v) is 0.984. The standard InChI is InChI=1S/C10H21NO2/c1-5-8(2)9(13)11-10(3,4)6-7-12/h8,12H,5-7H2,1-4H3,(H,11,13). The number of aliphatic hydroxyl groups excluding tert-OH is 1. The average molecular weight is 187 g/mol. The highest BCUT2D eigenvalue weighted by Gasteiger charge is 2.21. The van der Waals surface area contributed by atoms with Crippen LogP contribution in [0.2, 0.25) is 0 Å². The summed E-state index contributed by atoms with van der Waals surface area (Å²) in [5.74, 6) is 0.124. The molecule has 1 atom stereocenters. The van der Waals surface area contributed by atoms with Gasteiger partial charge in [-0.2, -0.15) is 0 Å². The van der Waals surface area contributed by atoms with E-state index in [0.717, 1.165) is 6.42 Å². The molecule has 0 bridgehead atoms. The lowest BCUT2D eigenvalue weighted by Gasteiger charge is -2.26. The van der Waals surface area contributed by atoms with Gasteiger partial charge in [0, 0.05) is 18.1 Å². The molecule has 0 fully saturated rings. The van der Waals surface area contributed by atoms with Gasteiger partial charge in [0.15, 0.2) is 0 Å². The third-order valence-electron chi connectivity index (χ3n) is 2.26. The molecule has 78 valence electrons. The lowest BCUT2D eigenvalue weighted by Crippen LogP contribution is -2.46. The minimum atomic E-state index is -0.296. The van der Waals surface area contributed by atoms with Crippen molar-refractivity contribution in [2.75, 3.05) is 6.61 Å². The Balaban J connectivity index is 4.03. The summed E-state index contributed by atoms with van der Waals surface area (Å²) in [5, 5.41) is 11.7. The van der Waals surface area contributed by atoms with Crippen molar-refractivity contribution in [3.05, 3.63) is 0 Å². The number of nitrogens with one attached hydrogen (secondary N) is 1. The molecule has 2 N–H and O–H groups in total. The number of hydrogen-bond donors (Lipinski definition) is 2. The number of carbonyl (C=O) groups excluding carboxylic acids is 1. The molecule has 0 aromatic heterocycles. The smallest absolute Gasteiger partial charge is 0.223 e. The number of carbonyl (C=O) groups is 1. The quantitative estimate of drug-likeness (QED) is 0.681. The minimum Gasteiger partial charge on any atom is -0.396 e. The molecule has 3 nitrogen and oxygen atoms in total. The molecule has 0 aliphatic carbocycles. The van der Waals surface area contributed by atoms with Gasteiger partial charge in [0.1, 0.15) is 0 Å². The van der Waals surface area contributed by atoms with Crippen LogP contribution in [0.25, 0.3) is 0 Å². The lowest BCUT2D eigenvalue weighted by molar-refractivity contribution is -0.126. The van der Waals surface area contributed by atoms with Crippen molar-refractivity contribution in [2.24, 2.45) is 5.92 Å². The van der Waals surface area contributed by atoms with E-state index in [1.165, 1.54) is 0 Å².